The van der Waals surface area contributed by atoms with Crippen LogP contribution in [0.1, 0.15) is 61.3 Å². The molecule has 0 unspecified atom stereocenters. The van der Waals surface area contributed by atoms with Crippen LogP contribution < -0.4 is 0 Å². The molecule has 0 radical (unpaired) electrons. The van der Waals surface area contributed by atoms with Gasteiger partial charge in [-0.05, 0) is 42.6 Å². The van der Waals surface area contributed by atoms with Crippen molar-refractivity contribution in [2.45, 2.75) is 84.0 Å². The van der Waals surface area contributed by atoms with Crippen LogP contribution in [0.5, 0.6) is 0 Å². The molecule has 0 aromatic carbocycles. The van der Waals surface area contributed by atoms with Crippen LogP contribution in [0.25, 0.3) is 0 Å². The van der Waals surface area contributed by atoms with Gasteiger partial charge in [0.05, 0.1) is 0 Å². The van der Waals surface area contributed by atoms with Crippen molar-refractivity contribution < 1.29 is 13.3 Å². The second kappa shape index (κ2) is 11.1. The lowest BCUT2D eigenvalue weighted by Gasteiger charge is -2.51. The summed E-state index contributed by atoms with van der Waals surface area (Å²) >= 11 is 0. The minimum absolute atomic E-state index is 0.767. The molecule has 0 aromatic rings. The van der Waals surface area contributed by atoms with Gasteiger partial charge in [-0.2, -0.15) is 0 Å². The molecule has 0 atom stereocenters. The molecule has 0 heterocycles. The van der Waals surface area contributed by atoms with Gasteiger partial charge in [0.2, 0.25) is 0 Å². The molecule has 0 N–H and O–H groups in total. The van der Waals surface area contributed by atoms with E-state index in [1.807, 2.05) is 0 Å². The SMILES string of the molecule is CCN(CCCC[Si](OC)(OC)OC)[Si](C(C)C)(C(C)C)C(C)C. The third kappa shape index (κ3) is 5.38. The van der Waals surface area contributed by atoms with Gasteiger partial charge in [-0.15, -0.1) is 0 Å². The Kier molecular flexibility index (Phi) is 11.2. The standard InChI is InChI=1S/C18H43NO3Si2/c1-11-19(24(16(2)3,17(4)5)18(6)7)14-12-13-15-23(20-8,21-9)22-10/h16-18H,11-15H2,1-10H3. The molecule has 0 aliphatic rings. The van der Waals surface area contributed by atoms with Crippen molar-refractivity contribution in [3.63, 3.8) is 0 Å². The Bertz CT molecular complexity index is 304. The summed E-state index contributed by atoms with van der Waals surface area (Å²) in [5.74, 6) is 0. The normalized spacial score (nSPS) is 13.8. The van der Waals surface area contributed by atoms with E-state index < -0.39 is 17.0 Å². The highest BCUT2D eigenvalue weighted by Gasteiger charge is 2.47. The average Bonchev–Trinajstić information content (AvgIpc) is 2.53. The molecule has 0 aliphatic heterocycles. The van der Waals surface area contributed by atoms with E-state index in [2.05, 4.69) is 53.0 Å². The van der Waals surface area contributed by atoms with E-state index in [1.165, 1.54) is 13.0 Å². The highest BCUT2D eigenvalue weighted by molar-refractivity contribution is 6.80. The highest BCUT2D eigenvalue weighted by Crippen LogP contribution is 2.43. The molecule has 0 saturated heterocycles. The van der Waals surface area contributed by atoms with Gasteiger partial charge in [0.25, 0.3) is 0 Å². The third-order valence-corrected chi connectivity index (χ3v) is 15.8. The first-order valence-electron chi connectivity index (χ1n) is 9.58. The topological polar surface area (TPSA) is 30.9 Å². The minimum Gasteiger partial charge on any atom is -0.377 e. The monoisotopic (exact) mass is 377 g/mol. The highest BCUT2D eigenvalue weighted by atomic mass is 28.4. The summed E-state index contributed by atoms with van der Waals surface area (Å²) in [6, 6.07) is 0.896. The van der Waals surface area contributed by atoms with Crippen molar-refractivity contribution in [1.82, 2.24) is 4.57 Å². The summed E-state index contributed by atoms with van der Waals surface area (Å²) in [4.78, 5) is 0. The summed E-state index contributed by atoms with van der Waals surface area (Å²) in [7, 11) is 1.16. The van der Waals surface area contributed by atoms with Gasteiger partial charge < -0.3 is 17.8 Å². The Morgan fingerprint density at radius 3 is 1.46 bits per heavy atom. The van der Waals surface area contributed by atoms with Crippen LogP contribution in [0.3, 0.4) is 0 Å². The molecule has 0 fully saturated rings. The van der Waals surface area contributed by atoms with Gasteiger partial charge in [0.15, 0.2) is 0 Å². The van der Waals surface area contributed by atoms with E-state index in [1.54, 1.807) is 21.3 Å². The van der Waals surface area contributed by atoms with E-state index in [0.29, 0.717) is 0 Å². The maximum absolute atomic E-state index is 5.54. The largest absolute Gasteiger partial charge is 0.500 e. The van der Waals surface area contributed by atoms with Crippen molar-refractivity contribution in [2.24, 2.45) is 0 Å². The molecule has 0 bridgehead atoms. The third-order valence-electron chi connectivity index (χ3n) is 5.80. The molecule has 0 spiro atoms. The van der Waals surface area contributed by atoms with Gasteiger partial charge in [0, 0.05) is 27.4 Å². The molecule has 6 heteroatoms. The average molecular weight is 378 g/mol. The quantitative estimate of drug-likeness (QED) is 0.328. The molecule has 0 rings (SSSR count). The number of rotatable bonds is 13. The van der Waals surface area contributed by atoms with Crippen molar-refractivity contribution in [3.05, 3.63) is 0 Å². The fourth-order valence-corrected chi connectivity index (χ4v) is 14.0. The maximum Gasteiger partial charge on any atom is 0.500 e. The smallest absolute Gasteiger partial charge is 0.377 e. The minimum atomic E-state index is -2.42. The first-order chi connectivity index (χ1) is 11.2. The first kappa shape index (κ1) is 24.3. The van der Waals surface area contributed by atoms with Crippen molar-refractivity contribution in [3.8, 4) is 0 Å². The molecule has 146 valence electrons. The summed E-state index contributed by atoms with van der Waals surface area (Å²) in [5, 5.41) is 0. The Balaban J connectivity index is 4.96. The first-order valence-corrected chi connectivity index (χ1v) is 13.7. The van der Waals surface area contributed by atoms with Crippen LogP contribution in [-0.4, -0.2) is 56.0 Å². The van der Waals surface area contributed by atoms with E-state index in [-0.39, 0.29) is 0 Å². The lowest BCUT2D eigenvalue weighted by molar-refractivity contribution is 0.122. The summed E-state index contributed by atoms with van der Waals surface area (Å²) in [5.41, 5.74) is 2.30. The lowest BCUT2D eigenvalue weighted by Crippen LogP contribution is -2.60. The summed E-state index contributed by atoms with van der Waals surface area (Å²) in [6.07, 6.45) is 2.27. The molecule has 0 aromatic heterocycles. The Hall–Kier alpha value is 0.274. The number of unbranched alkanes of at least 4 members (excludes halogenated alkanes) is 1. The Morgan fingerprint density at radius 1 is 0.750 bits per heavy atom. The molecule has 24 heavy (non-hydrogen) atoms. The second-order valence-corrected chi connectivity index (χ2v) is 16.6. The molecule has 4 nitrogen and oxygen atoms in total. The van der Waals surface area contributed by atoms with Crippen molar-refractivity contribution in [2.75, 3.05) is 34.4 Å². The number of hydrogen-bond acceptors (Lipinski definition) is 4. The fraction of sp³-hybridized carbons (Fsp3) is 1.00. The zero-order valence-electron chi connectivity index (χ0n) is 17.9. The van der Waals surface area contributed by atoms with Crippen LogP contribution >= 0.6 is 0 Å². The van der Waals surface area contributed by atoms with Gasteiger partial charge in [-0.1, -0.05) is 48.5 Å². The van der Waals surface area contributed by atoms with Crippen LogP contribution in [-0.2, 0) is 13.3 Å². The van der Waals surface area contributed by atoms with Crippen LogP contribution in [0, 0.1) is 0 Å². The second-order valence-electron chi connectivity index (χ2n) is 7.68. The summed E-state index contributed by atoms with van der Waals surface area (Å²) < 4.78 is 19.5. The molecular formula is C18H43NO3Si2. The van der Waals surface area contributed by atoms with E-state index >= 15 is 0 Å². The van der Waals surface area contributed by atoms with E-state index in [4.69, 9.17) is 13.3 Å². The molecule has 0 aliphatic carbocycles. The molecular weight excluding hydrogens is 334 g/mol. The van der Waals surface area contributed by atoms with Crippen molar-refractivity contribution >= 4 is 17.0 Å². The van der Waals surface area contributed by atoms with Gasteiger partial charge in [-0.25, -0.2) is 0 Å². The predicted octanol–water partition coefficient (Wildman–Crippen LogP) is 5.14. The zero-order chi connectivity index (χ0) is 19.0. The number of hydrogen-bond donors (Lipinski definition) is 0. The Morgan fingerprint density at radius 2 is 1.17 bits per heavy atom. The van der Waals surface area contributed by atoms with Gasteiger partial charge >= 0.3 is 8.80 Å². The summed E-state index contributed by atoms with van der Waals surface area (Å²) in [6.45, 7) is 19.3. The lowest BCUT2D eigenvalue weighted by atomic mass is 10.3. The number of nitrogens with zero attached hydrogens (tertiary/aromatic N) is 1. The molecule has 0 amide bonds. The van der Waals surface area contributed by atoms with Crippen LogP contribution in [0.15, 0.2) is 0 Å². The van der Waals surface area contributed by atoms with Gasteiger partial charge in [-0.3, -0.25) is 0 Å². The fourth-order valence-electron chi connectivity index (χ4n) is 4.92. The van der Waals surface area contributed by atoms with E-state index in [0.717, 1.165) is 35.6 Å². The Labute approximate surface area is 153 Å². The van der Waals surface area contributed by atoms with Crippen LogP contribution in [0.4, 0.5) is 0 Å². The predicted molar refractivity (Wildman–Crippen MR) is 109 cm³/mol. The zero-order valence-corrected chi connectivity index (χ0v) is 19.9. The van der Waals surface area contributed by atoms with Crippen molar-refractivity contribution in [1.29, 1.82) is 0 Å². The van der Waals surface area contributed by atoms with Gasteiger partial charge in [0.1, 0.15) is 8.24 Å². The van der Waals surface area contributed by atoms with Crippen LogP contribution in [0.2, 0.25) is 22.7 Å². The molecule has 0 saturated carbocycles. The van der Waals surface area contributed by atoms with E-state index in [9.17, 15) is 0 Å². The maximum atomic E-state index is 5.54.